The van der Waals surface area contributed by atoms with E-state index in [1.807, 2.05) is 12.1 Å². The first-order valence-electron chi connectivity index (χ1n) is 8.64. The Kier molecular flexibility index (Phi) is 5.22. The van der Waals surface area contributed by atoms with Gasteiger partial charge in [-0.3, -0.25) is 5.32 Å². The van der Waals surface area contributed by atoms with E-state index in [9.17, 15) is 4.79 Å². The molecule has 1 aliphatic rings. The van der Waals surface area contributed by atoms with E-state index in [0.717, 1.165) is 23.7 Å². The summed E-state index contributed by atoms with van der Waals surface area (Å²) < 4.78 is 0. The van der Waals surface area contributed by atoms with Crippen LogP contribution in [-0.4, -0.2) is 29.3 Å². The molecule has 7 heteroatoms. The molecule has 3 rings (SSSR count). The third-order valence-electron chi connectivity index (χ3n) is 4.12. The van der Waals surface area contributed by atoms with Gasteiger partial charge in [-0.1, -0.05) is 44.2 Å². The zero-order valence-corrected chi connectivity index (χ0v) is 15.8. The van der Waals surface area contributed by atoms with Crippen molar-refractivity contribution >= 4 is 28.2 Å². The largest absolute Gasteiger partial charge is 0.372 e. The van der Waals surface area contributed by atoms with Crippen LogP contribution in [0, 0.1) is 0 Å². The van der Waals surface area contributed by atoms with Gasteiger partial charge in [0, 0.05) is 30.7 Å². The monoisotopic (exact) mass is 359 g/mol. The molecular weight excluding hydrogens is 334 g/mol. The standard InChI is InChI=1S/C18H25N5OS/c1-18(2,3)15-21-22-17(25-15)20-16(24)19-12-13-7-6-8-14(11-13)23-9-4-5-10-23/h6-8,11H,4-5,9-10,12H2,1-3H3,(H2,19,20,22,24). The van der Waals surface area contributed by atoms with E-state index in [-0.39, 0.29) is 11.4 Å². The molecule has 0 bridgehead atoms. The molecule has 0 spiro atoms. The minimum Gasteiger partial charge on any atom is -0.372 e. The number of urea groups is 1. The van der Waals surface area contributed by atoms with Crippen molar-refractivity contribution in [1.29, 1.82) is 0 Å². The number of rotatable bonds is 4. The van der Waals surface area contributed by atoms with Gasteiger partial charge in [0.25, 0.3) is 0 Å². The number of nitrogens with zero attached hydrogens (tertiary/aromatic N) is 3. The van der Waals surface area contributed by atoms with Crippen molar-refractivity contribution in [2.24, 2.45) is 0 Å². The van der Waals surface area contributed by atoms with E-state index < -0.39 is 0 Å². The molecule has 1 saturated heterocycles. The number of carbonyl (C=O) groups is 1. The smallest absolute Gasteiger partial charge is 0.321 e. The lowest BCUT2D eigenvalue weighted by atomic mass is 9.98. The number of hydrogen-bond donors (Lipinski definition) is 2. The molecule has 0 radical (unpaired) electrons. The lowest BCUT2D eigenvalue weighted by Gasteiger charge is -2.18. The van der Waals surface area contributed by atoms with Crippen LogP contribution in [0.15, 0.2) is 24.3 Å². The third kappa shape index (κ3) is 4.69. The minimum atomic E-state index is -0.261. The molecular formula is C18H25N5OS. The second-order valence-corrected chi connectivity index (χ2v) is 8.31. The van der Waals surface area contributed by atoms with Crippen LogP contribution in [0.3, 0.4) is 0 Å². The second kappa shape index (κ2) is 7.39. The van der Waals surface area contributed by atoms with E-state index >= 15 is 0 Å². The SMILES string of the molecule is CC(C)(C)c1nnc(NC(=O)NCc2cccc(N3CCCC3)c2)s1. The van der Waals surface area contributed by atoms with Gasteiger partial charge in [-0.2, -0.15) is 0 Å². The van der Waals surface area contributed by atoms with E-state index in [1.54, 1.807) is 0 Å². The predicted octanol–water partition coefficient (Wildman–Crippen LogP) is 3.76. The van der Waals surface area contributed by atoms with E-state index in [0.29, 0.717) is 11.7 Å². The average Bonchev–Trinajstić information content (AvgIpc) is 3.24. The maximum Gasteiger partial charge on any atom is 0.321 e. The van der Waals surface area contributed by atoms with Crippen molar-refractivity contribution in [3.8, 4) is 0 Å². The highest BCUT2D eigenvalue weighted by Gasteiger charge is 2.20. The Balaban J connectivity index is 1.54. The van der Waals surface area contributed by atoms with Crippen molar-refractivity contribution in [3.05, 3.63) is 34.8 Å². The zero-order chi connectivity index (χ0) is 17.9. The summed E-state index contributed by atoms with van der Waals surface area (Å²) in [4.78, 5) is 14.5. The number of amides is 2. The molecule has 6 nitrogen and oxygen atoms in total. The highest BCUT2D eigenvalue weighted by Crippen LogP contribution is 2.27. The van der Waals surface area contributed by atoms with Crippen LogP contribution in [-0.2, 0) is 12.0 Å². The fraction of sp³-hybridized carbons (Fsp3) is 0.500. The summed E-state index contributed by atoms with van der Waals surface area (Å²) in [5, 5.41) is 15.2. The fourth-order valence-corrected chi connectivity index (χ4v) is 3.54. The van der Waals surface area contributed by atoms with Crippen LogP contribution in [0.1, 0.15) is 44.2 Å². The van der Waals surface area contributed by atoms with Gasteiger partial charge in [0.2, 0.25) is 5.13 Å². The van der Waals surface area contributed by atoms with Gasteiger partial charge in [-0.05, 0) is 30.5 Å². The first-order valence-corrected chi connectivity index (χ1v) is 9.46. The van der Waals surface area contributed by atoms with Crippen molar-refractivity contribution in [2.45, 2.75) is 45.6 Å². The Morgan fingerprint density at radius 2 is 2.00 bits per heavy atom. The highest BCUT2D eigenvalue weighted by atomic mass is 32.1. The summed E-state index contributed by atoms with van der Waals surface area (Å²) in [6.07, 6.45) is 2.51. The molecule has 1 aromatic carbocycles. The summed E-state index contributed by atoms with van der Waals surface area (Å²) >= 11 is 1.41. The molecule has 0 atom stereocenters. The first-order chi connectivity index (χ1) is 11.9. The molecule has 1 fully saturated rings. The average molecular weight is 359 g/mol. The van der Waals surface area contributed by atoms with E-state index in [1.165, 1.54) is 29.9 Å². The molecule has 1 aromatic heterocycles. The van der Waals surface area contributed by atoms with Crippen molar-refractivity contribution in [1.82, 2.24) is 15.5 Å². The molecule has 0 unspecified atom stereocenters. The molecule has 0 saturated carbocycles. The summed E-state index contributed by atoms with van der Waals surface area (Å²) in [5.74, 6) is 0. The lowest BCUT2D eigenvalue weighted by molar-refractivity contribution is 0.251. The molecule has 1 aliphatic heterocycles. The van der Waals surface area contributed by atoms with Crippen LogP contribution in [0.25, 0.3) is 0 Å². The second-order valence-electron chi connectivity index (χ2n) is 7.33. The predicted molar refractivity (Wildman–Crippen MR) is 102 cm³/mol. The van der Waals surface area contributed by atoms with Crippen LogP contribution in [0.4, 0.5) is 15.6 Å². The molecule has 2 heterocycles. The van der Waals surface area contributed by atoms with Crippen molar-refractivity contribution < 1.29 is 4.79 Å². The summed E-state index contributed by atoms with van der Waals surface area (Å²) in [7, 11) is 0. The third-order valence-corrected chi connectivity index (χ3v) is 5.39. The lowest BCUT2D eigenvalue weighted by Crippen LogP contribution is -2.28. The Labute approximate surface area is 152 Å². The van der Waals surface area contributed by atoms with Crippen LogP contribution in [0.2, 0.25) is 0 Å². The Morgan fingerprint density at radius 1 is 1.24 bits per heavy atom. The highest BCUT2D eigenvalue weighted by molar-refractivity contribution is 7.15. The summed E-state index contributed by atoms with van der Waals surface area (Å²) in [6.45, 7) is 8.94. The Hall–Kier alpha value is -2.15. The topological polar surface area (TPSA) is 70.1 Å². The maximum atomic E-state index is 12.1. The molecule has 2 N–H and O–H groups in total. The summed E-state index contributed by atoms with van der Waals surface area (Å²) in [5.41, 5.74) is 2.26. The number of nitrogens with one attached hydrogen (secondary N) is 2. The number of hydrogen-bond acceptors (Lipinski definition) is 5. The van der Waals surface area contributed by atoms with Crippen LogP contribution >= 0.6 is 11.3 Å². The molecule has 134 valence electrons. The van der Waals surface area contributed by atoms with E-state index in [2.05, 4.69) is 58.6 Å². The number of benzene rings is 1. The maximum absolute atomic E-state index is 12.1. The van der Waals surface area contributed by atoms with Crippen LogP contribution in [0.5, 0.6) is 0 Å². The Bertz CT molecular complexity index is 731. The number of aromatic nitrogens is 2. The van der Waals surface area contributed by atoms with Crippen molar-refractivity contribution in [3.63, 3.8) is 0 Å². The minimum absolute atomic E-state index is 0.0654. The number of anilines is 2. The normalized spacial score (nSPS) is 14.6. The van der Waals surface area contributed by atoms with E-state index in [4.69, 9.17) is 0 Å². The summed E-state index contributed by atoms with van der Waals surface area (Å²) in [6, 6.07) is 8.09. The van der Waals surface area contributed by atoms with Crippen LogP contribution < -0.4 is 15.5 Å². The van der Waals surface area contributed by atoms with Gasteiger partial charge in [0.1, 0.15) is 5.01 Å². The zero-order valence-electron chi connectivity index (χ0n) is 15.0. The fourth-order valence-electron chi connectivity index (χ4n) is 2.74. The van der Waals surface area contributed by atoms with Crippen molar-refractivity contribution in [2.75, 3.05) is 23.3 Å². The van der Waals surface area contributed by atoms with Gasteiger partial charge in [-0.25, -0.2) is 4.79 Å². The number of carbonyl (C=O) groups excluding carboxylic acids is 1. The molecule has 0 aliphatic carbocycles. The molecule has 2 amide bonds. The molecule has 2 aromatic rings. The van der Waals surface area contributed by atoms with Gasteiger partial charge < -0.3 is 10.2 Å². The van der Waals surface area contributed by atoms with Gasteiger partial charge >= 0.3 is 6.03 Å². The Morgan fingerprint density at radius 3 is 2.68 bits per heavy atom. The van der Waals surface area contributed by atoms with Gasteiger partial charge in [0.15, 0.2) is 0 Å². The quantitative estimate of drug-likeness (QED) is 0.872. The van der Waals surface area contributed by atoms with Gasteiger partial charge in [0.05, 0.1) is 0 Å². The molecule has 25 heavy (non-hydrogen) atoms. The first kappa shape index (κ1) is 17.7. The van der Waals surface area contributed by atoms with Gasteiger partial charge in [-0.15, -0.1) is 10.2 Å².